The van der Waals surface area contributed by atoms with E-state index >= 15 is 0 Å². The number of halogens is 1. The highest BCUT2D eigenvalue weighted by atomic mass is 127. The number of guanidine groups is 1. The lowest BCUT2D eigenvalue weighted by atomic mass is 9.97. The van der Waals surface area contributed by atoms with Crippen LogP contribution in [-0.4, -0.2) is 42.9 Å². The van der Waals surface area contributed by atoms with E-state index < -0.39 is 0 Å². The molecule has 1 heterocycles. The molecule has 0 aromatic heterocycles. The molecule has 1 aromatic carbocycles. The van der Waals surface area contributed by atoms with Gasteiger partial charge in [0.05, 0.1) is 5.92 Å². The molecule has 1 saturated heterocycles. The third-order valence-electron chi connectivity index (χ3n) is 5.55. The lowest BCUT2D eigenvalue weighted by molar-refractivity contribution is -0.123. The first-order chi connectivity index (χ1) is 13.9. The van der Waals surface area contributed by atoms with Crippen molar-refractivity contribution in [2.24, 2.45) is 22.6 Å². The van der Waals surface area contributed by atoms with Crippen molar-refractivity contribution in [2.75, 3.05) is 20.1 Å². The molecule has 170 valence electrons. The second-order valence-electron chi connectivity index (χ2n) is 8.74. The van der Waals surface area contributed by atoms with Crippen molar-refractivity contribution in [2.45, 2.75) is 65.6 Å². The predicted octanol–water partition coefficient (Wildman–Crippen LogP) is 3.49. The van der Waals surface area contributed by atoms with E-state index in [0.29, 0.717) is 6.04 Å². The first kappa shape index (κ1) is 26.7. The normalized spacial score (nSPS) is 18.6. The number of likely N-dealkylation sites (tertiary alicyclic amines) is 1. The van der Waals surface area contributed by atoms with E-state index in [1.165, 1.54) is 17.5 Å². The van der Waals surface area contributed by atoms with Crippen LogP contribution >= 0.6 is 24.0 Å². The summed E-state index contributed by atoms with van der Waals surface area (Å²) in [5, 5.41) is 6.90. The van der Waals surface area contributed by atoms with Crippen molar-refractivity contribution in [3.63, 3.8) is 0 Å². The lowest BCUT2D eigenvalue weighted by Crippen LogP contribution is -2.42. The minimum atomic E-state index is -0.172. The van der Waals surface area contributed by atoms with E-state index in [-0.39, 0.29) is 35.8 Å². The van der Waals surface area contributed by atoms with Crippen LogP contribution in [0.4, 0.5) is 0 Å². The maximum absolute atomic E-state index is 11.5. The van der Waals surface area contributed by atoms with Crippen LogP contribution in [0.15, 0.2) is 29.3 Å². The zero-order valence-corrected chi connectivity index (χ0v) is 21.3. The van der Waals surface area contributed by atoms with Gasteiger partial charge in [-0.3, -0.25) is 14.7 Å². The molecule has 1 aliphatic heterocycles. The first-order valence-corrected chi connectivity index (χ1v) is 10.9. The summed E-state index contributed by atoms with van der Waals surface area (Å²) < 4.78 is 0. The Labute approximate surface area is 199 Å². The Bertz CT molecular complexity index is 679. The maximum atomic E-state index is 11.5. The summed E-state index contributed by atoms with van der Waals surface area (Å²) in [6.07, 6.45) is 4.29. The third-order valence-corrected chi connectivity index (χ3v) is 5.55. The van der Waals surface area contributed by atoms with E-state index in [4.69, 9.17) is 5.73 Å². The van der Waals surface area contributed by atoms with E-state index in [9.17, 15) is 4.79 Å². The SMILES string of the molecule is CN=C(NCc1cccc(CN2CCCC(C(N)=O)C2)c1)NC(C)CCC(C)C.I. The van der Waals surface area contributed by atoms with Crippen LogP contribution in [0, 0.1) is 11.8 Å². The molecule has 0 saturated carbocycles. The van der Waals surface area contributed by atoms with Gasteiger partial charge in [0.15, 0.2) is 5.96 Å². The highest BCUT2D eigenvalue weighted by Crippen LogP contribution is 2.18. The molecule has 2 unspecified atom stereocenters. The molecule has 0 aliphatic carbocycles. The van der Waals surface area contributed by atoms with Crippen molar-refractivity contribution < 1.29 is 4.79 Å². The molecule has 0 spiro atoms. The van der Waals surface area contributed by atoms with Crippen LogP contribution in [-0.2, 0) is 17.9 Å². The van der Waals surface area contributed by atoms with Gasteiger partial charge in [0.25, 0.3) is 0 Å². The zero-order chi connectivity index (χ0) is 21.2. The largest absolute Gasteiger partial charge is 0.369 e. The molecule has 1 aliphatic rings. The Kier molecular flexibility index (Phi) is 12.3. The van der Waals surface area contributed by atoms with Gasteiger partial charge < -0.3 is 16.4 Å². The number of rotatable bonds is 9. The Morgan fingerprint density at radius 3 is 2.67 bits per heavy atom. The molecule has 6 nitrogen and oxygen atoms in total. The fourth-order valence-corrected chi connectivity index (χ4v) is 3.80. The van der Waals surface area contributed by atoms with Crippen LogP contribution in [0.25, 0.3) is 0 Å². The molecule has 30 heavy (non-hydrogen) atoms. The van der Waals surface area contributed by atoms with E-state index in [1.807, 2.05) is 7.05 Å². The standard InChI is InChI=1S/C23H39N5O.HI/c1-17(2)10-11-18(3)27-23(25-4)26-14-19-7-5-8-20(13-19)15-28-12-6-9-21(16-28)22(24)29;/h5,7-8,13,17-18,21H,6,9-12,14-16H2,1-4H3,(H2,24,29)(H2,25,26,27);1H. The average Bonchev–Trinajstić information content (AvgIpc) is 2.70. The van der Waals surface area contributed by atoms with Gasteiger partial charge in [0.1, 0.15) is 0 Å². The molecule has 1 fully saturated rings. The molecule has 2 atom stereocenters. The van der Waals surface area contributed by atoms with Gasteiger partial charge in [-0.2, -0.15) is 0 Å². The van der Waals surface area contributed by atoms with Gasteiger partial charge in [-0.25, -0.2) is 0 Å². The number of aliphatic imine (C=N–C) groups is 1. The molecular weight excluding hydrogens is 489 g/mol. The molecule has 0 bridgehead atoms. The van der Waals surface area contributed by atoms with Gasteiger partial charge >= 0.3 is 0 Å². The average molecular weight is 530 g/mol. The van der Waals surface area contributed by atoms with E-state index in [0.717, 1.165) is 57.3 Å². The topological polar surface area (TPSA) is 82.8 Å². The fourth-order valence-electron chi connectivity index (χ4n) is 3.80. The number of carbonyl (C=O) groups excluding carboxylic acids is 1. The number of carbonyl (C=O) groups is 1. The second-order valence-corrected chi connectivity index (χ2v) is 8.74. The van der Waals surface area contributed by atoms with Crippen LogP contribution in [0.2, 0.25) is 0 Å². The zero-order valence-electron chi connectivity index (χ0n) is 19.0. The van der Waals surface area contributed by atoms with Crippen LogP contribution in [0.5, 0.6) is 0 Å². The highest BCUT2D eigenvalue weighted by Gasteiger charge is 2.23. The van der Waals surface area contributed by atoms with Crippen molar-refractivity contribution in [1.82, 2.24) is 15.5 Å². The number of benzene rings is 1. The van der Waals surface area contributed by atoms with Crippen LogP contribution in [0.1, 0.15) is 57.6 Å². The molecule has 1 amide bonds. The number of piperidine rings is 1. The van der Waals surface area contributed by atoms with Gasteiger partial charge in [-0.1, -0.05) is 38.1 Å². The van der Waals surface area contributed by atoms with Gasteiger partial charge in [-0.05, 0) is 56.2 Å². The van der Waals surface area contributed by atoms with Gasteiger partial charge in [0.2, 0.25) is 5.91 Å². The maximum Gasteiger partial charge on any atom is 0.221 e. The number of amides is 1. The smallest absolute Gasteiger partial charge is 0.221 e. The summed E-state index contributed by atoms with van der Waals surface area (Å²) in [5.41, 5.74) is 8.00. The Morgan fingerprint density at radius 1 is 1.27 bits per heavy atom. The molecule has 1 aromatic rings. The molecule has 0 radical (unpaired) electrons. The minimum Gasteiger partial charge on any atom is -0.369 e. The summed E-state index contributed by atoms with van der Waals surface area (Å²) in [6.45, 7) is 10.1. The molecule has 4 N–H and O–H groups in total. The number of nitrogens with zero attached hydrogens (tertiary/aromatic N) is 2. The van der Waals surface area contributed by atoms with Crippen molar-refractivity contribution in [3.05, 3.63) is 35.4 Å². The quantitative estimate of drug-likeness (QED) is 0.260. The fraction of sp³-hybridized carbons (Fsp3) is 0.652. The molecule has 2 rings (SSSR count). The summed E-state index contributed by atoms with van der Waals surface area (Å²) in [7, 11) is 1.81. The number of nitrogens with two attached hydrogens (primary N) is 1. The highest BCUT2D eigenvalue weighted by molar-refractivity contribution is 14.0. The Balaban J connectivity index is 0.00000450. The molecule has 7 heteroatoms. The summed E-state index contributed by atoms with van der Waals surface area (Å²) >= 11 is 0. The number of nitrogens with one attached hydrogen (secondary N) is 2. The number of primary amides is 1. The van der Waals surface area contributed by atoms with Crippen LogP contribution < -0.4 is 16.4 Å². The summed E-state index contributed by atoms with van der Waals surface area (Å²) in [6, 6.07) is 9.01. The first-order valence-electron chi connectivity index (χ1n) is 10.9. The Hall–Kier alpha value is -1.35. The number of hydrogen-bond donors (Lipinski definition) is 3. The molecular formula is C23H40IN5O. The second kappa shape index (κ2) is 13.9. The summed E-state index contributed by atoms with van der Waals surface area (Å²) in [5.74, 6) is 1.37. The van der Waals surface area contributed by atoms with E-state index in [2.05, 4.69) is 65.6 Å². The van der Waals surface area contributed by atoms with Crippen molar-refractivity contribution in [1.29, 1.82) is 0 Å². The van der Waals surface area contributed by atoms with Crippen molar-refractivity contribution >= 4 is 35.8 Å². The summed E-state index contributed by atoms with van der Waals surface area (Å²) in [4.78, 5) is 18.2. The monoisotopic (exact) mass is 529 g/mol. The number of hydrogen-bond acceptors (Lipinski definition) is 3. The van der Waals surface area contributed by atoms with E-state index in [1.54, 1.807) is 0 Å². The predicted molar refractivity (Wildman–Crippen MR) is 136 cm³/mol. The minimum absolute atomic E-state index is 0. The lowest BCUT2D eigenvalue weighted by Gasteiger charge is -2.31. The Morgan fingerprint density at radius 2 is 2.00 bits per heavy atom. The third kappa shape index (κ3) is 9.64. The van der Waals surface area contributed by atoms with Crippen LogP contribution in [0.3, 0.4) is 0 Å². The van der Waals surface area contributed by atoms with Crippen molar-refractivity contribution in [3.8, 4) is 0 Å². The van der Waals surface area contributed by atoms with Gasteiger partial charge in [0, 0.05) is 32.7 Å². The van der Waals surface area contributed by atoms with Gasteiger partial charge in [-0.15, -0.1) is 24.0 Å².